The van der Waals surface area contributed by atoms with Crippen LogP contribution in [0, 0.1) is 0 Å². The molecule has 0 aliphatic heterocycles. The lowest BCUT2D eigenvalue weighted by atomic mass is 10.0. The van der Waals surface area contributed by atoms with Crippen LogP contribution in [0.3, 0.4) is 0 Å². The van der Waals surface area contributed by atoms with E-state index in [4.69, 9.17) is 0 Å². The number of nitrogens with zero attached hydrogens (tertiary/aromatic N) is 4. The predicted molar refractivity (Wildman–Crippen MR) is 130 cm³/mol. The molecule has 0 saturated heterocycles. The highest BCUT2D eigenvalue weighted by molar-refractivity contribution is 8.00. The Morgan fingerprint density at radius 3 is 2.56 bits per heavy atom. The van der Waals surface area contributed by atoms with Crippen molar-refractivity contribution in [2.75, 3.05) is 14.1 Å². The van der Waals surface area contributed by atoms with E-state index in [1.54, 1.807) is 0 Å². The molecule has 1 aliphatic carbocycles. The Kier molecular flexibility index (Phi) is 7.11. The van der Waals surface area contributed by atoms with Crippen molar-refractivity contribution in [2.45, 2.75) is 62.5 Å². The average molecular weight is 449 g/mol. The maximum atomic E-state index is 13.2. The van der Waals surface area contributed by atoms with Crippen LogP contribution in [0.4, 0.5) is 0 Å². The van der Waals surface area contributed by atoms with E-state index in [9.17, 15) is 4.79 Å². The van der Waals surface area contributed by atoms with Crippen molar-refractivity contribution in [1.29, 1.82) is 0 Å². The van der Waals surface area contributed by atoms with Crippen molar-refractivity contribution >= 4 is 17.5 Å². The summed E-state index contributed by atoms with van der Waals surface area (Å²) in [5.74, 6) is 1.10. The number of hydrogen-bond acceptors (Lipinski definition) is 5. The fourth-order valence-corrected chi connectivity index (χ4v) is 5.43. The summed E-state index contributed by atoms with van der Waals surface area (Å²) in [6.45, 7) is 4.83. The fourth-order valence-electron chi connectivity index (χ4n) is 4.50. The molecule has 1 aromatic heterocycles. The number of benzene rings is 2. The van der Waals surface area contributed by atoms with Crippen molar-refractivity contribution in [3.63, 3.8) is 0 Å². The van der Waals surface area contributed by atoms with Gasteiger partial charge in [-0.1, -0.05) is 61.2 Å². The number of aromatic nitrogens is 3. The van der Waals surface area contributed by atoms with Crippen molar-refractivity contribution in [3.05, 3.63) is 76.6 Å². The molecule has 1 aliphatic rings. The monoisotopic (exact) mass is 448 g/mol. The molecule has 1 heterocycles. The van der Waals surface area contributed by atoms with E-state index in [1.165, 1.54) is 34.9 Å². The summed E-state index contributed by atoms with van der Waals surface area (Å²) in [5.41, 5.74) is 4.73. The standard InChI is InChI=1S/C26H32N4OS/c1-5-23(29(3)4)25-27-28-26(30(25)17-19-10-7-6-8-11-19)32-18(2)24(31)22-15-14-20-12-9-13-21(20)16-22/h6-8,10-11,14-16,18,23H,5,9,12-13,17H2,1-4H3/t18-,23-/m1/s1. The quantitative estimate of drug-likeness (QED) is 0.333. The van der Waals surface area contributed by atoms with Gasteiger partial charge in [-0.3, -0.25) is 9.69 Å². The number of carbonyl (C=O) groups is 1. The summed E-state index contributed by atoms with van der Waals surface area (Å²) in [6.07, 6.45) is 4.33. The van der Waals surface area contributed by atoms with Crippen LogP contribution in [0.1, 0.15) is 65.6 Å². The normalized spacial score (nSPS) is 15.0. The van der Waals surface area contributed by atoms with Gasteiger partial charge in [0.25, 0.3) is 0 Å². The van der Waals surface area contributed by atoms with Gasteiger partial charge in [-0.2, -0.15) is 0 Å². The van der Waals surface area contributed by atoms with Gasteiger partial charge in [0.1, 0.15) is 0 Å². The third-order valence-corrected chi connectivity index (χ3v) is 7.35. The molecule has 5 nitrogen and oxygen atoms in total. The zero-order chi connectivity index (χ0) is 22.7. The van der Waals surface area contributed by atoms with Gasteiger partial charge < -0.3 is 4.57 Å². The van der Waals surface area contributed by atoms with E-state index in [1.807, 2.05) is 19.1 Å². The molecule has 0 bridgehead atoms. The van der Waals surface area contributed by atoms with Crippen LogP contribution in [0.25, 0.3) is 0 Å². The molecule has 4 rings (SSSR count). The first-order valence-corrected chi connectivity index (χ1v) is 12.3. The van der Waals surface area contributed by atoms with Gasteiger partial charge in [0.2, 0.25) is 0 Å². The molecule has 0 unspecified atom stereocenters. The van der Waals surface area contributed by atoms with Crippen molar-refractivity contribution in [1.82, 2.24) is 19.7 Å². The predicted octanol–water partition coefficient (Wildman–Crippen LogP) is 5.19. The molecule has 3 aromatic rings. The molecule has 0 saturated carbocycles. The van der Waals surface area contributed by atoms with Crippen LogP contribution in [-0.4, -0.2) is 44.8 Å². The number of ketones is 1. The largest absolute Gasteiger partial charge is 0.300 e. The van der Waals surface area contributed by atoms with Gasteiger partial charge in [0, 0.05) is 5.56 Å². The number of aryl methyl sites for hydroxylation is 2. The van der Waals surface area contributed by atoms with E-state index in [0.29, 0.717) is 6.54 Å². The Bertz CT molecular complexity index is 1080. The summed E-state index contributed by atoms with van der Waals surface area (Å²) < 4.78 is 2.18. The third-order valence-electron chi connectivity index (χ3n) is 6.27. The van der Waals surface area contributed by atoms with Crippen molar-refractivity contribution in [2.24, 2.45) is 0 Å². The molecule has 2 atom stereocenters. The topological polar surface area (TPSA) is 51.0 Å². The zero-order valence-electron chi connectivity index (χ0n) is 19.4. The molecular weight excluding hydrogens is 416 g/mol. The summed E-state index contributed by atoms with van der Waals surface area (Å²) in [7, 11) is 4.14. The second-order valence-electron chi connectivity index (χ2n) is 8.76. The van der Waals surface area contributed by atoms with Gasteiger partial charge in [-0.05, 0) is 69.5 Å². The molecule has 0 amide bonds. The van der Waals surface area contributed by atoms with E-state index in [2.05, 4.69) is 77.1 Å². The average Bonchev–Trinajstić information content (AvgIpc) is 3.41. The van der Waals surface area contributed by atoms with Crippen LogP contribution >= 0.6 is 11.8 Å². The minimum Gasteiger partial charge on any atom is -0.300 e. The van der Waals surface area contributed by atoms with Gasteiger partial charge in [0.15, 0.2) is 16.8 Å². The second kappa shape index (κ2) is 10.0. The minimum absolute atomic E-state index is 0.153. The number of thioether (sulfide) groups is 1. The van der Waals surface area contributed by atoms with Gasteiger partial charge in [0.05, 0.1) is 17.8 Å². The number of rotatable bonds is 9. The SMILES string of the molecule is CC[C@H](c1nnc(S[C@H](C)C(=O)c2ccc3c(c2)CCC3)n1Cc1ccccc1)N(C)C. The highest BCUT2D eigenvalue weighted by Crippen LogP contribution is 2.30. The van der Waals surface area contributed by atoms with E-state index in [-0.39, 0.29) is 17.1 Å². The van der Waals surface area contributed by atoms with Crippen molar-refractivity contribution < 1.29 is 4.79 Å². The molecule has 32 heavy (non-hydrogen) atoms. The van der Waals surface area contributed by atoms with Gasteiger partial charge in [-0.25, -0.2) is 0 Å². The molecule has 6 heteroatoms. The maximum absolute atomic E-state index is 13.2. The molecular formula is C26H32N4OS. The minimum atomic E-state index is -0.236. The fraction of sp³-hybridized carbons (Fsp3) is 0.423. The van der Waals surface area contributed by atoms with E-state index >= 15 is 0 Å². The van der Waals surface area contributed by atoms with Crippen molar-refractivity contribution in [3.8, 4) is 0 Å². The Morgan fingerprint density at radius 1 is 1.09 bits per heavy atom. The third kappa shape index (κ3) is 4.81. The zero-order valence-corrected chi connectivity index (χ0v) is 20.2. The van der Waals surface area contributed by atoms with Crippen LogP contribution in [0.15, 0.2) is 53.7 Å². The molecule has 0 spiro atoms. The lowest BCUT2D eigenvalue weighted by Gasteiger charge is -2.23. The Morgan fingerprint density at radius 2 is 1.84 bits per heavy atom. The van der Waals surface area contributed by atoms with Crippen LogP contribution in [0.2, 0.25) is 0 Å². The molecule has 0 N–H and O–H groups in total. The first-order valence-electron chi connectivity index (χ1n) is 11.4. The first-order chi connectivity index (χ1) is 15.5. The van der Waals surface area contributed by atoms with Crippen LogP contribution < -0.4 is 0 Å². The Hall–Kier alpha value is -2.44. The Balaban J connectivity index is 1.60. The first kappa shape index (κ1) is 22.7. The number of carbonyl (C=O) groups excluding carboxylic acids is 1. The molecule has 0 radical (unpaired) electrons. The van der Waals surface area contributed by atoms with Crippen LogP contribution in [-0.2, 0) is 19.4 Å². The summed E-state index contributed by atoms with van der Waals surface area (Å²) in [4.78, 5) is 15.4. The molecule has 168 valence electrons. The Labute approximate surface area is 195 Å². The summed E-state index contributed by atoms with van der Waals surface area (Å²) in [5, 5.41) is 9.67. The highest BCUT2D eigenvalue weighted by Gasteiger charge is 2.26. The second-order valence-corrected chi connectivity index (χ2v) is 10.1. The summed E-state index contributed by atoms with van der Waals surface area (Å²) in [6, 6.07) is 16.8. The number of Topliss-reactive ketones (excluding diaryl/α,β-unsaturated/α-hetero) is 1. The van der Waals surface area contributed by atoms with Crippen LogP contribution in [0.5, 0.6) is 0 Å². The van der Waals surface area contributed by atoms with Gasteiger partial charge >= 0.3 is 0 Å². The maximum Gasteiger partial charge on any atom is 0.192 e. The lowest BCUT2D eigenvalue weighted by molar-refractivity contribution is 0.0993. The molecule has 2 aromatic carbocycles. The lowest BCUT2D eigenvalue weighted by Crippen LogP contribution is -2.23. The molecule has 0 fully saturated rings. The van der Waals surface area contributed by atoms with E-state index < -0.39 is 0 Å². The number of hydrogen-bond donors (Lipinski definition) is 0. The number of fused-ring (bicyclic) bond motifs is 1. The van der Waals surface area contributed by atoms with E-state index in [0.717, 1.165) is 35.8 Å². The highest BCUT2D eigenvalue weighted by atomic mass is 32.2. The van der Waals surface area contributed by atoms with Gasteiger partial charge in [-0.15, -0.1) is 10.2 Å². The smallest absolute Gasteiger partial charge is 0.192 e. The summed E-state index contributed by atoms with van der Waals surface area (Å²) >= 11 is 1.51.